The fourth-order valence-electron chi connectivity index (χ4n) is 2.47. The maximum absolute atomic E-state index is 12.5. The van der Waals surface area contributed by atoms with Crippen molar-refractivity contribution in [2.24, 2.45) is 0 Å². The molecule has 0 radical (unpaired) electrons. The molecule has 6 nitrogen and oxygen atoms in total. The largest absolute Gasteiger partial charge is 0.454 e. The van der Waals surface area contributed by atoms with Crippen LogP contribution in [0.1, 0.15) is 6.92 Å². The zero-order valence-corrected chi connectivity index (χ0v) is 13.6. The maximum Gasteiger partial charge on any atom is 0.246 e. The third-order valence-corrected chi connectivity index (χ3v) is 3.86. The molecular formula is C18H18N2O4. The molecule has 124 valence electrons. The summed E-state index contributed by atoms with van der Waals surface area (Å²) in [7, 11) is 1.69. The van der Waals surface area contributed by atoms with E-state index in [9.17, 15) is 9.59 Å². The van der Waals surface area contributed by atoms with E-state index in [4.69, 9.17) is 9.47 Å². The van der Waals surface area contributed by atoms with E-state index in [1.807, 2.05) is 30.3 Å². The van der Waals surface area contributed by atoms with Crippen molar-refractivity contribution < 1.29 is 19.1 Å². The Labute approximate surface area is 140 Å². The van der Waals surface area contributed by atoms with E-state index in [-0.39, 0.29) is 25.2 Å². The van der Waals surface area contributed by atoms with Gasteiger partial charge in [-0.15, -0.1) is 0 Å². The Kier molecular flexibility index (Phi) is 4.37. The number of amides is 2. The van der Waals surface area contributed by atoms with Gasteiger partial charge in [-0.1, -0.05) is 18.2 Å². The molecule has 2 aromatic rings. The predicted molar refractivity (Wildman–Crippen MR) is 90.4 cm³/mol. The van der Waals surface area contributed by atoms with Crippen molar-refractivity contribution in [1.82, 2.24) is 0 Å². The quantitative estimate of drug-likeness (QED) is 0.866. The molecule has 0 atom stereocenters. The average molecular weight is 326 g/mol. The molecule has 0 aromatic heterocycles. The summed E-state index contributed by atoms with van der Waals surface area (Å²) in [5.41, 5.74) is 1.37. The number of hydrogen-bond donors (Lipinski definition) is 0. The fraction of sp³-hybridized carbons (Fsp3) is 0.222. The van der Waals surface area contributed by atoms with Gasteiger partial charge < -0.3 is 19.3 Å². The van der Waals surface area contributed by atoms with Crippen molar-refractivity contribution >= 4 is 23.2 Å². The number of benzene rings is 2. The molecule has 1 aliphatic rings. The number of carbonyl (C=O) groups excluding carboxylic acids is 2. The van der Waals surface area contributed by atoms with Crippen molar-refractivity contribution in [3.63, 3.8) is 0 Å². The normalized spacial score (nSPS) is 11.9. The first-order valence-corrected chi connectivity index (χ1v) is 7.55. The molecule has 24 heavy (non-hydrogen) atoms. The number of fused-ring (bicyclic) bond motifs is 1. The Morgan fingerprint density at radius 2 is 1.71 bits per heavy atom. The van der Waals surface area contributed by atoms with E-state index >= 15 is 0 Å². The first-order chi connectivity index (χ1) is 11.6. The van der Waals surface area contributed by atoms with Crippen LogP contribution in [0.25, 0.3) is 0 Å². The highest BCUT2D eigenvalue weighted by atomic mass is 16.7. The fourth-order valence-corrected chi connectivity index (χ4v) is 2.47. The van der Waals surface area contributed by atoms with Crippen LogP contribution in [0.3, 0.4) is 0 Å². The molecule has 1 aliphatic heterocycles. The van der Waals surface area contributed by atoms with Gasteiger partial charge in [0.15, 0.2) is 11.5 Å². The summed E-state index contributed by atoms with van der Waals surface area (Å²) in [5, 5.41) is 0. The minimum atomic E-state index is -0.219. The van der Waals surface area contributed by atoms with E-state index in [2.05, 4.69) is 0 Å². The van der Waals surface area contributed by atoms with Gasteiger partial charge >= 0.3 is 0 Å². The summed E-state index contributed by atoms with van der Waals surface area (Å²) in [6, 6.07) is 14.5. The number of para-hydroxylation sites is 1. The van der Waals surface area contributed by atoms with Gasteiger partial charge in [0.1, 0.15) is 6.54 Å². The van der Waals surface area contributed by atoms with Crippen molar-refractivity contribution in [2.75, 3.05) is 30.2 Å². The monoisotopic (exact) mass is 326 g/mol. The summed E-state index contributed by atoms with van der Waals surface area (Å²) in [4.78, 5) is 27.5. The van der Waals surface area contributed by atoms with E-state index < -0.39 is 0 Å². The van der Waals surface area contributed by atoms with Gasteiger partial charge in [-0.2, -0.15) is 0 Å². The van der Waals surface area contributed by atoms with Gasteiger partial charge in [-0.05, 0) is 24.3 Å². The van der Waals surface area contributed by atoms with Gasteiger partial charge in [0, 0.05) is 31.4 Å². The van der Waals surface area contributed by atoms with E-state index in [1.165, 1.54) is 16.7 Å². The molecular weight excluding hydrogens is 308 g/mol. The molecule has 0 aliphatic carbocycles. The topological polar surface area (TPSA) is 59.1 Å². The Morgan fingerprint density at radius 3 is 2.42 bits per heavy atom. The van der Waals surface area contributed by atoms with Crippen LogP contribution in [0.2, 0.25) is 0 Å². The van der Waals surface area contributed by atoms with Gasteiger partial charge in [0.2, 0.25) is 18.6 Å². The second-order valence-corrected chi connectivity index (χ2v) is 5.43. The van der Waals surface area contributed by atoms with Crippen molar-refractivity contribution in [3.8, 4) is 11.5 Å². The summed E-state index contributed by atoms with van der Waals surface area (Å²) >= 11 is 0. The molecule has 3 rings (SSSR count). The number of anilines is 2. The predicted octanol–water partition coefficient (Wildman–Crippen LogP) is 2.43. The van der Waals surface area contributed by atoms with Crippen LogP contribution in [-0.2, 0) is 9.59 Å². The average Bonchev–Trinajstić information content (AvgIpc) is 3.06. The molecule has 0 unspecified atom stereocenters. The molecule has 1 heterocycles. The van der Waals surface area contributed by atoms with Crippen LogP contribution < -0.4 is 19.3 Å². The Bertz CT molecular complexity index is 761. The highest BCUT2D eigenvalue weighted by Gasteiger charge is 2.22. The van der Waals surface area contributed by atoms with Crippen LogP contribution in [-0.4, -0.2) is 32.2 Å². The lowest BCUT2D eigenvalue weighted by molar-refractivity contribution is -0.121. The van der Waals surface area contributed by atoms with Gasteiger partial charge in [-0.25, -0.2) is 0 Å². The Balaban J connectivity index is 1.79. The summed E-state index contributed by atoms with van der Waals surface area (Å²) < 4.78 is 10.6. The van der Waals surface area contributed by atoms with Gasteiger partial charge in [0.25, 0.3) is 0 Å². The molecule has 0 saturated carbocycles. The molecule has 0 fully saturated rings. The Hall–Kier alpha value is -3.02. The van der Waals surface area contributed by atoms with Crippen molar-refractivity contribution in [1.29, 1.82) is 0 Å². The molecule has 0 bridgehead atoms. The number of nitrogens with zero attached hydrogens (tertiary/aromatic N) is 2. The Morgan fingerprint density at radius 1 is 1.00 bits per heavy atom. The molecule has 0 spiro atoms. The summed E-state index contributed by atoms with van der Waals surface area (Å²) in [6.45, 7) is 1.54. The standard InChI is InChI=1S/C18H18N2O4/c1-13(21)20(15-8-9-16-17(10-15)24-12-23-16)11-18(22)19(2)14-6-4-3-5-7-14/h3-10H,11-12H2,1-2H3. The number of rotatable bonds is 4. The van der Waals surface area contributed by atoms with Crippen LogP contribution in [0, 0.1) is 0 Å². The molecule has 0 saturated heterocycles. The highest BCUT2D eigenvalue weighted by Crippen LogP contribution is 2.35. The third kappa shape index (κ3) is 3.17. The summed E-state index contributed by atoms with van der Waals surface area (Å²) in [5.74, 6) is 0.801. The van der Waals surface area contributed by atoms with Crippen molar-refractivity contribution in [3.05, 3.63) is 48.5 Å². The first-order valence-electron chi connectivity index (χ1n) is 7.55. The van der Waals surface area contributed by atoms with Crippen LogP contribution in [0.15, 0.2) is 48.5 Å². The van der Waals surface area contributed by atoms with E-state index in [0.29, 0.717) is 17.2 Å². The molecule has 0 N–H and O–H groups in total. The van der Waals surface area contributed by atoms with Crippen LogP contribution in [0.5, 0.6) is 11.5 Å². The first kappa shape index (κ1) is 15.9. The van der Waals surface area contributed by atoms with Gasteiger partial charge in [0.05, 0.1) is 0 Å². The molecule has 2 aromatic carbocycles. The van der Waals surface area contributed by atoms with Gasteiger partial charge in [-0.3, -0.25) is 9.59 Å². The minimum absolute atomic E-state index is 0.0552. The zero-order chi connectivity index (χ0) is 17.1. The lowest BCUT2D eigenvalue weighted by Crippen LogP contribution is -2.40. The zero-order valence-electron chi connectivity index (χ0n) is 13.6. The number of likely N-dealkylation sites (N-methyl/N-ethyl adjacent to an activating group) is 1. The maximum atomic E-state index is 12.5. The minimum Gasteiger partial charge on any atom is -0.454 e. The molecule has 6 heteroatoms. The second kappa shape index (κ2) is 6.62. The van der Waals surface area contributed by atoms with E-state index in [1.54, 1.807) is 25.2 Å². The SMILES string of the molecule is CC(=O)N(CC(=O)N(C)c1ccccc1)c1ccc2c(c1)OCO2. The number of carbonyl (C=O) groups is 2. The third-order valence-electron chi connectivity index (χ3n) is 3.86. The van der Waals surface area contributed by atoms with Crippen LogP contribution >= 0.6 is 0 Å². The second-order valence-electron chi connectivity index (χ2n) is 5.43. The molecule has 2 amide bonds. The van der Waals surface area contributed by atoms with Crippen molar-refractivity contribution in [2.45, 2.75) is 6.92 Å². The lowest BCUT2D eigenvalue weighted by Gasteiger charge is -2.24. The van der Waals surface area contributed by atoms with E-state index in [0.717, 1.165) is 5.69 Å². The smallest absolute Gasteiger partial charge is 0.246 e. The number of hydrogen-bond acceptors (Lipinski definition) is 4. The highest BCUT2D eigenvalue weighted by molar-refractivity contribution is 6.02. The summed E-state index contributed by atoms with van der Waals surface area (Å²) in [6.07, 6.45) is 0. The number of ether oxygens (including phenoxy) is 2. The lowest BCUT2D eigenvalue weighted by atomic mass is 10.2. The van der Waals surface area contributed by atoms with Crippen LogP contribution in [0.4, 0.5) is 11.4 Å².